The van der Waals surface area contributed by atoms with Gasteiger partial charge in [0.25, 0.3) is 0 Å². The van der Waals surface area contributed by atoms with Gasteiger partial charge in [0.1, 0.15) is 23.2 Å². The monoisotopic (exact) mass is 356 g/mol. The lowest BCUT2D eigenvalue weighted by Crippen LogP contribution is -2.19. The van der Waals surface area contributed by atoms with Crippen LogP contribution in [0.15, 0.2) is 46.4 Å². The molecule has 138 valence electrons. The second kappa shape index (κ2) is 6.98. The van der Waals surface area contributed by atoms with E-state index in [2.05, 4.69) is 13.2 Å². The molecule has 5 heteroatoms. The zero-order valence-corrected chi connectivity index (χ0v) is 15.5. The first-order valence-electron chi connectivity index (χ1n) is 8.75. The molecular weight excluding hydrogens is 332 g/mol. The Morgan fingerprint density at radius 1 is 1.27 bits per heavy atom. The second-order valence-corrected chi connectivity index (χ2v) is 7.15. The van der Waals surface area contributed by atoms with E-state index in [1.54, 1.807) is 6.07 Å². The molecule has 0 aromatic carbocycles. The molecule has 1 aromatic rings. The molecule has 26 heavy (non-hydrogen) atoms. The SMILES string of the molecule is C=C(C)C1CCC2=C[C@@H](OC2=O)[C@H](C(=C)C)c2cc(C(=O)OC)c(o2)C1. The molecule has 2 aliphatic heterocycles. The van der Waals surface area contributed by atoms with Gasteiger partial charge in [-0.1, -0.05) is 24.3 Å². The van der Waals surface area contributed by atoms with Crippen LogP contribution < -0.4 is 0 Å². The summed E-state index contributed by atoms with van der Waals surface area (Å²) >= 11 is 0. The maximum absolute atomic E-state index is 12.3. The lowest BCUT2D eigenvalue weighted by molar-refractivity contribution is -0.140. The summed E-state index contributed by atoms with van der Waals surface area (Å²) in [5.74, 6) is 0.169. The number of carbonyl (C=O) groups excluding carboxylic acids is 2. The van der Waals surface area contributed by atoms with Gasteiger partial charge in [-0.25, -0.2) is 9.59 Å². The first-order chi connectivity index (χ1) is 12.3. The summed E-state index contributed by atoms with van der Waals surface area (Å²) in [6, 6.07) is 1.69. The number of rotatable bonds is 3. The average Bonchev–Trinajstić information content (AvgIpc) is 3.12. The minimum absolute atomic E-state index is 0.0894. The summed E-state index contributed by atoms with van der Waals surface area (Å²) < 4.78 is 16.6. The van der Waals surface area contributed by atoms with Crippen molar-refractivity contribution in [1.29, 1.82) is 0 Å². The number of esters is 2. The molecule has 0 aliphatic carbocycles. The van der Waals surface area contributed by atoms with Crippen molar-refractivity contribution in [3.8, 4) is 0 Å². The molecule has 3 rings (SSSR count). The highest BCUT2D eigenvalue weighted by Crippen LogP contribution is 2.39. The molecule has 0 saturated heterocycles. The molecule has 0 radical (unpaired) electrons. The Balaban J connectivity index is 2.14. The maximum Gasteiger partial charge on any atom is 0.341 e. The Morgan fingerprint density at radius 3 is 2.62 bits per heavy atom. The number of carbonyl (C=O) groups is 2. The number of furan rings is 1. The molecule has 5 nitrogen and oxygen atoms in total. The van der Waals surface area contributed by atoms with Crippen molar-refractivity contribution in [2.75, 3.05) is 7.11 Å². The number of methoxy groups -OCH3 is 1. The quantitative estimate of drug-likeness (QED) is 0.602. The van der Waals surface area contributed by atoms with Crippen molar-refractivity contribution in [1.82, 2.24) is 0 Å². The van der Waals surface area contributed by atoms with Crippen LogP contribution in [0.2, 0.25) is 0 Å². The minimum atomic E-state index is -0.471. The zero-order valence-electron chi connectivity index (χ0n) is 15.5. The van der Waals surface area contributed by atoms with E-state index in [0.717, 1.165) is 17.6 Å². The third-order valence-electron chi connectivity index (χ3n) is 5.16. The Morgan fingerprint density at radius 2 is 2.00 bits per heavy atom. The fraction of sp³-hybridized carbons (Fsp3) is 0.429. The number of hydrogen-bond acceptors (Lipinski definition) is 5. The molecular formula is C21H24O5. The van der Waals surface area contributed by atoms with Crippen LogP contribution in [0.25, 0.3) is 0 Å². The third-order valence-corrected chi connectivity index (χ3v) is 5.16. The van der Waals surface area contributed by atoms with Crippen molar-refractivity contribution >= 4 is 11.9 Å². The van der Waals surface area contributed by atoms with Crippen molar-refractivity contribution in [2.45, 2.75) is 45.1 Å². The van der Waals surface area contributed by atoms with Gasteiger partial charge >= 0.3 is 11.9 Å². The number of hydrogen-bond donors (Lipinski definition) is 0. The molecule has 0 fully saturated rings. The van der Waals surface area contributed by atoms with Crippen molar-refractivity contribution < 1.29 is 23.5 Å². The third kappa shape index (κ3) is 3.26. The predicted molar refractivity (Wildman–Crippen MR) is 96.8 cm³/mol. The Hall–Kier alpha value is -2.56. The van der Waals surface area contributed by atoms with Crippen LogP contribution in [0.3, 0.4) is 0 Å². The molecule has 1 unspecified atom stereocenters. The van der Waals surface area contributed by atoms with Gasteiger partial charge in [-0.3, -0.25) is 0 Å². The molecule has 0 saturated carbocycles. The van der Waals surface area contributed by atoms with Crippen molar-refractivity contribution in [3.05, 3.63) is 59.1 Å². The fourth-order valence-corrected chi connectivity index (χ4v) is 3.65. The van der Waals surface area contributed by atoms with E-state index in [-0.39, 0.29) is 17.8 Å². The smallest absolute Gasteiger partial charge is 0.341 e. The van der Waals surface area contributed by atoms with Crippen LogP contribution in [0.5, 0.6) is 0 Å². The van der Waals surface area contributed by atoms with Gasteiger partial charge in [0.2, 0.25) is 0 Å². The highest BCUT2D eigenvalue weighted by molar-refractivity contribution is 5.92. The maximum atomic E-state index is 12.3. The van der Waals surface area contributed by atoms with Crippen LogP contribution in [0.1, 0.15) is 54.5 Å². The molecule has 1 aromatic heterocycles. The normalized spacial score (nSPS) is 25.0. The molecule has 0 N–H and O–H groups in total. The first-order valence-corrected chi connectivity index (χ1v) is 8.75. The van der Waals surface area contributed by atoms with Gasteiger partial charge in [-0.05, 0) is 44.7 Å². The van der Waals surface area contributed by atoms with Crippen molar-refractivity contribution in [3.63, 3.8) is 0 Å². The number of ether oxygens (including phenoxy) is 2. The summed E-state index contributed by atoms with van der Waals surface area (Å²) in [6.07, 6.45) is 3.27. The van der Waals surface area contributed by atoms with Gasteiger partial charge in [-0.2, -0.15) is 0 Å². The molecule has 0 spiro atoms. The van der Waals surface area contributed by atoms with Crippen LogP contribution in [-0.4, -0.2) is 25.2 Å². The van der Waals surface area contributed by atoms with E-state index in [4.69, 9.17) is 13.9 Å². The van der Waals surface area contributed by atoms with Crippen molar-refractivity contribution in [2.24, 2.45) is 5.92 Å². The van der Waals surface area contributed by atoms with Gasteiger partial charge in [0.05, 0.1) is 13.0 Å². The second-order valence-electron chi connectivity index (χ2n) is 7.15. The van der Waals surface area contributed by atoms with Crippen LogP contribution >= 0.6 is 0 Å². The summed E-state index contributed by atoms with van der Waals surface area (Å²) in [4.78, 5) is 24.5. The van der Waals surface area contributed by atoms with E-state index in [0.29, 0.717) is 35.5 Å². The van der Waals surface area contributed by atoms with Crippen LogP contribution in [0, 0.1) is 5.92 Å². The Labute approximate surface area is 153 Å². The number of fused-ring (bicyclic) bond motifs is 3. The molecule has 0 amide bonds. The van der Waals surface area contributed by atoms with Gasteiger partial charge in [0.15, 0.2) is 0 Å². The molecule has 3 heterocycles. The Kier molecular flexibility index (Phi) is 4.90. The molecule has 4 bridgehead atoms. The summed E-state index contributed by atoms with van der Waals surface area (Å²) in [6.45, 7) is 11.9. The van der Waals surface area contributed by atoms with E-state index in [1.807, 2.05) is 19.9 Å². The summed E-state index contributed by atoms with van der Waals surface area (Å²) in [7, 11) is 1.35. The van der Waals surface area contributed by atoms with Crippen LogP contribution in [0.4, 0.5) is 0 Å². The first kappa shape index (κ1) is 18.2. The summed E-state index contributed by atoms with van der Waals surface area (Å²) in [5, 5.41) is 0. The Bertz CT molecular complexity index is 810. The zero-order chi connectivity index (χ0) is 19.0. The number of allylic oxidation sites excluding steroid dienone is 1. The fourth-order valence-electron chi connectivity index (χ4n) is 3.65. The minimum Gasteiger partial charge on any atom is -0.465 e. The molecule has 2 aliphatic rings. The predicted octanol–water partition coefficient (Wildman–Crippen LogP) is 4.11. The van der Waals surface area contributed by atoms with E-state index < -0.39 is 12.1 Å². The van der Waals surface area contributed by atoms with Gasteiger partial charge in [-0.15, -0.1) is 0 Å². The van der Waals surface area contributed by atoms with Crippen LogP contribution in [-0.2, 0) is 20.7 Å². The topological polar surface area (TPSA) is 65.7 Å². The summed E-state index contributed by atoms with van der Waals surface area (Å²) in [5.41, 5.74) is 2.88. The van der Waals surface area contributed by atoms with E-state index in [1.165, 1.54) is 7.11 Å². The lowest BCUT2D eigenvalue weighted by atomic mass is 9.87. The average molecular weight is 356 g/mol. The highest BCUT2D eigenvalue weighted by Gasteiger charge is 2.37. The highest BCUT2D eigenvalue weighted by atomic mass is 16.5. The van der Waals surface area contributed by atoms with Gasteiger partial charge in [0, 0.05) is 12.0 Å². The van der Waals surface area contributed by atoms with Gasteiger partial charge < -0.3 is 13.9 Å². The van der Waals surface area contributed by atoms with E-state index in [9.17, 15) is 9.59 Å². The van der Waals surface area contributed by atoms with E-state index >= 15 is 0 Å². The largest absolute Gasteiger partial charge is 0.465 e. The standard InChI is InChI=1S/C21H24O5/c1-11(2)13-6-7-14-9-17(26-20(14)22)19(12(3)4)18-10-15(21(23)24-5)16(8-13)25-18/h9-10,13,17,19H,1,3,6-8H2,2,4-5H3/t13?,17-,19+/m1/s1. The molecule has 3 atom stereocenters. The lowest BCUT2D eigenvalue weighted by Gasteiger charge is -2.20.